The van der Waals surface area contributed by atoms with Crippen LogP contribution in [0, 0.1) is 17.2 Å². The largest absolute Gasteiger partial charge is 0.368 e. The van der Waals surface area contributed by atoms with Crippen molar-refractivity contribution in [1.82, 2.24) is 0 Å². The fourth-order valence-corrected chi connectivity index (χ4v) is 2.41. The van der Waals surface area contributed by atoms with Crippen LogP contribution in [0.25, 0.3) is 0 Å². The normalized spacial score (nSPS) is 24.4. The number of nitrogens with two attached hydrogens (primary N) is 1. The lowest BCUT2D eigenvalue weighted by molar-refractivity contribution is 0.508. The van der Waals surface area contributed by atoms with E-state index in [-0.39, 0.29) is 0 Å². The summed E-state index contributed by atoms with van der Waals surface area (Å²) >= 11 is 0. The van der Waals surface area contributed by atoms with Crippen molar-refractivity contribution in [3.05, 3.63) is 29.8 Å². The van der Waals surface area contributed by atoms with Crippen LogP contribution in [0.5, 0.6) is 0 Å². The van der Waals surface area contributed by atoms with E-state index >= 15 is 0 Å². The molecule has 1 aliphatic heterocycles. The van der Waals surface area contributed by atoms with Gasteiger partial charge < -0.3 is 10.6 Å². The highest BCUT2D eigenvalue weighted by molar-refractivity contribution is 5.51. The summed E-state index contributed by atoms with van der Waals surface area (Å²) in [5.74, 6) is 0.593. The number of nitriles is 1. The predicted octanol–water partition coefficient (Wildman–Crippen LogP) is 1.73. The molecule has 16 heavy (non-hydrogen) atoms. The SMILES string of the molecule is CC1C(CN)CCN1c1ccc(C#N)cc1. The van der Waals surface area contributed by atoms with Crippen molar-refractivity contribution < 1.29 is 0 Å². The monoisotopic (exact) mass is 215 g/mol. The van der Waals surface area contributed by atoms with Crippen molar-refractivity contribution in [2.75, 3.05) is 18.0 Å². The van der Waals surface area contributed by atoms with E-state index in [2.05, 4.69) is 17.9 Å². The number of nitrogens with zero attached hydrogens (tertiary/aromatic N) is 2. The van der Waals surface area contributed by atoms with Gasteiger partial charge in [0.15, 0.2) is 0 Å². The summed E-state index contributed by atoms with van der Waals surface area (Å²) in [5.41, 5.74) is 7.65. The van der Waals surface area contributed by atoms with Crippen molar-refractivity contribution in [2.45, 2.75) is 19.4 Å². The van der Waals surface area contributed by atoms with Crippen molar-refractivity contribution in [1.29, 1.82) is 5.26 Å². The smallest absolute Gasteiger partial charge is 0.0991 e. The van der Waals surface area contributed by atoms with E-state index in [4.69, 9.17) is 11.0 Å². The van der Waals surface area contributed by atoms with Gasteiger partial charge in [-0.05, 0) is 50.1 Å². The van der Waals surface area contributed by atoms with Gasteiger partial charge >= 0.3 is 0 Å². The molecule has 0 aromatic heterocycles. The lowest BCUT2D eigenvalue weighted by Gasteiger charge is -2.26. The first-order valence-electron chi connectivity index (χ1n) is 5.73. The van der Waals surface area contributed by atoms with E-state index in [1.807, 2.05) is 24.3 Å². The van der Waals surface area contributed by atoms with E-state index in [0.29, 0.717) is 17.5 Å². The molecule has 1 aliphatic rings. The third-order valence-corrected chi connectivity index (χ3v) is 3.55. The lowest BCUT2D eigenvalue weighted by atomic mass is 10.0. The maximum atomic E-state index is 8.75. The fourth-order valence-electron chi connectivity index (χ4n) is 2.41. The molecule has 0 saturated carbocycles. The predicted molar refractivity (Wildman–Crippen MR) is 65.1 cm³/mol. The number of rotatable bonds is 2. The summed E-state index contributed by atoms with van der Waals surface area (Å²) in [6, 6.07) is 10.4. The highest BCUT2D eigenvalue weighted by atomic mass is 15.2. The highest BCUT2D eigenvalue weighted by Crippen LogP contribution is 2.29. The lowest BCUT2D eigenvalue weighted by Crippen LogP contribution is -2.32. The molecular formula is C13H17N3. The molecule has 2 atom stereocenters. The summed E-state index contributed by atoms with van der Waals surface area (Å²) in [6.07, 6.45) is 1.16. The Labute approximate surface area is 96.5 Å². The number of hydrogen-bond acceptors (Lipinski definition) is 3. The molecule has 1 heterocycles. The molecular weight excluding hydrogens is 198 g/mol. The summed E-state index contributed by atoms with van der Waals surface area (Å²) in [7, 11) is 0. The zero-order valence-corrected chi connectivity index (χ0v) is 9.56. The fraction of sp³-hybridized carbons (Fsp3) is 0.462. The second-order valence-corrected chi connectivity index (χ2v) is 4.38. The van der Waals surface area contributed by atoms with Crippen LogP contribution in [0.4, 0.5) is 5.69 Å². The van der Waals surface area contributed by atoms with Crippen molar-refractivity contribution in [3.63, 3.8) is 0 Å². The zero-order valence-electron chi connectivity index (χ0n) is 9.56. The molecule has 2 rings (SSSR count). The van der Waals surface area contributed by atoms with E-state index in [1.165, 1.54) is 5.69 Å². The maximum Gasteiger partial charge on any atom is 0.0991 e. The van der Waals surface area contributed by atoms with Gasteiger partial charge in [-0.25, -0.2) is 0 Å². The summed E-state index contributed by atoms with van der Waals surface area (Å²) in [4.78, 5) is 2.37. The summed E-state index contributed by atoms with van der Waals surface area (Å²) in [5, 5.41) is 8.75. The topological polar surface area (TPSA) is 53.0 Å². The van der Waals surface area contributed by atoms with Crippen LogP contribution in [0.1, 0.15) is 18.9 Å². The van der Waals surface area contributed by atoms with Crippen molar-refractivity contribution in [2.24, 2.45) is 11.7 Å². The Hall–Kier alpha value is -1.53. The number of benzene rings is 1. The minimum absolute atomic E-state index is 0.498. The van der Waals surface area contributed by atoms with Gasteiger partial charge in [0, 0.05) is 18.3 Å². The molecule has 0 bridgehead atoms. The molecule has 3 nitrogen and oxygen atoms in total. The molecule has 0 amide bonds. The number of hydrogen-bond donors (Lipinski definition) is 1. The molecule has 0 spiro atoms. The Bertz CT molecular complexity index is 391. The molecule has 0 aliphatic carbocycles. The Morgan fingerprint density at radius 3 is 2.62 bits per heavy atom. The molecule has 1 aromatic carbocycles. The molecule has 84 valence electrons. The average Bonchev–Trinajstić information content (AvgIpc) is 2.70. The van der Waals surface area contributed by atoms with Crippen LogP contribution < -0.4 is 10.6 Å². The molecule has 0 radical (unpaired) electrons. The average molecular weight is 215 g/mol. The van der Waals surface area contributed by atoms with Crippen LogP contribution in [0.15, 0.2) is 24.3 Å². The van der Waals surface area contributed by atoms with Gasteiger partial charge in [0.1, 0.15) is 0 Å². The molecule has 1 aromatic rings. The van der Waals surface area contributed by atoms with E-state index in [9.17, 15) is 0 Å². The minimum Gasteiger partial charge on any atom is -0.368 e. The molecule has 2 N–H and O–H groups in total. The zero-order chi connectivity index (χ0) is 11.5. The van der Waals surface area contributed by atoms with Gasteiger partial charge in [-0.2, -0.15) is 5.26 Å². The van der Waals surface area contributed by atoms with Gasteiger partial charge in [0.25, 0.3) is 0 Å². The first-order valence-corrected chi connectivity index (χ1v) is 5.73. The van der Waals surface area contributed by atoms with Crippen LogP contribution in [0.3, 0.4) is 0 Å². The Morgan fingerprint density at radius 2 is 2.12 bits per heavy atom. The Kier molecular flexibility index (Phi) is 3.12. The first-order chi connectivity index (χ1) is 7.76. The van der Waals surface area contributed by atoms with Crippen LogP contribution in [0.2, 0.25) is 0 Å². The van der Waals surface area contributed by atoms with E-state index in [1.54, 1.807) is 0 Å². The maximum absolute atomic E-state index is 8.75. The van der Waals surface area contributed by atoms with Crippen LogP contribution >= 0.6 is 0 Å². The highest BCUT2D eigenvalue weighted by Gasteiger charge is 2.29. The van der Waals surface area contributed by atoms with Gasteiger partial charge in [-0.1, -0.05) is 0 Å². The first kappa shape index (κ1) is 11.0. The quantitative estimate of drug-likeness (QED) is 0.817. The van der Waals surface area contributed by atoms with Gasteiger partial charge in [0.05, 0.1) is 11.6 Å². The number of anilines is 1. The third-order valence-electron chi connectivity index (χ3n) is 3.55. The molecule has 1 fully saturated rings. The van der Waals surface area contributed by atoms with E-state index in [0.717, 1.165) is 19.5 Å². The van der Waals surface area contributed by atoms with Gasteiger partial charge in [-0.15, -0.1) is 0 Å². The van der Waals surface area contributed by atoms with Crippen LogP contribution in [-0.4, -0.2) is 19.1 Å². The Morgan fingerprint density at radius 1 is 1.44 bits per heavy atom. The van der Waals surface area contributed by atoms with Crippen LogP contribution in [-0.2, 0) is 0 Å². The summed E-state index contributed by atoms with van der Waals surface area (Å²) < 4.78 is 0. The second kappa shape index (κ2) is 4.54. The van der Waals surface area contributed by atoms with Gasteiger partial charge in [-0.3, -0.25) is 0 Å². The van der Waals surface area contributed by atoms with E-state index < -0.39 is 0 Å². The summed E-state index contributed by atoms with van der Waals surface area (Å²) in [6.45, 7) is 4.05. The standard InChI is InChI=1S/C13H17N3/c1-10-12(9-15)6-7-16(10)13-4-2-11(8-14)3-5-13/h2-5,10,12H,6-7,9,15H2,1H3. The third kappa shape index (κ3) is 1.89. The van der Waals surface area contributed by atoms with Gasteiger partial charge in [0.2, 0.25) is 0 Å². The minimum atomic E-state index is 0.498. The molecule has 3 heteroatoms. The second-order valence-electron chi connectivity index (χ2n) is 4.38. The molecule has 1 saturated heterocycles. The Balaban J connectivity index is 2.16. The molecule has 2 unspecified atom stereocenters. The van der Waals surface area contributed by atoms with Crippen molar-refractivity contribution >= 4 is 5.69 Å². The van der Waals surface area contributed by atoms with Crippen molar-refractivity contribution in [3.8, 4) is 6.07 Å².